The van der Waals surface area contributed by atoms with Crippen LogP contribution in [-0.2, 0) is 15.0 Å². The highest BCUT2D eigenvalue weighted by Crippen LogP contribution is 2.48. The zero-order chi connectivity index (χ0) is 19.2. The molecule has 1 aliphatic heterocycles. The molecule has 3 rings (SSSR count). The monoisotopic (exact) mass is 351 g/mol. The number of nitrogens with zero attached hydrogens (tertiary/aromatic N) is 1. The van der Waals surface area contributed by atoms with Crippen LogP contribution in [0.5, 0.6) is 0 Å². The number of carboxylic acid groups (broad SMARTS) is 2. The van der Waals surface area contributed by atoms with Gasteiger partial charge in [-0.15, -0.1) is 0 Å². The Morgan fingerprint density at radius 2 is 1.38 bits per heavy atom. The molecular formula is C21H21NO4. The van der Waals surface area contributed by atoms with Crippen molar-refractivity contribution >= 4 is 22.7 Å². The molecule has 0 bridgehead atoms. The van der Waals surface area contributed by atoms with Gasteiger partial charge in [-0.1, -0.05) is 42.5 Å². The van der Waals surface area contributed by atoms with Crippen LogP contribution in [0.25, 0.3) is 10.8 Å². The highest BCUT2D eigenvalue weighted by Gasteiger charge is 2.48. The van der Waals surface area contributed by atoms with Gasteiger partial charge in [-0.2, -0.15) is 0 Å². The van der Waals surface area contributed by atoms with Crippen molar-refractivity contribution in [2.45, 2.75) is 26.2 Å². The summed E-state index contributed by atoms with van der Waals surface area (Å²) >= 11 is 0. The van der Waals surface area contributed by atoms with Crippen LogP contribution in [0.4, 0.5) is 0 Å². The van der Waals surface area contributed by atoms with Gasteiger partial charge in [0, 0.05) is 18.4 Å². The summed E-state index contributed by atoms with van der Waals surface area (Å²) in [7, 11) is 1.69. The van der Waals surface area contributed by atoms with Crippen molar-refractivity contribution in [2.24, 2.45) is 0 Å². The Hall–Kier alpha value is -3.08. The summed E-state index contributed by atoms with van der Waals surface area (Å²) in [6.45, 7) is 5.13. The Kier molecular flexibility index (Phi) is 4.11. The first-order valence-corrected chi connectivity index (χ1v) is 8.32. The second-order valence-electron chi connectivity index (χ2n) is 6.74. The van der Waals surface area contributed by atoms with Gasteiger partial charge in [0.2, 0.25) is 0 Å². The standard InChI is InChI=1S/C21H21NO4/c1-12-17(19(23)24)21(3,18(20(25)26)13(2)22(12)4)16-11-7-9-14-8-5-6-10-15(14)16/h5-11H,1-4H3,(H,23,24)(H,25,26). The quantitative estimate of drug-likeness (QED) is 0.880. The van der Waals surface area contributed by atoms with Crippen LogP contribution in [0, 0.1) is 0 Å². The van der Waals surface area contributed by atoms with Gasteiger partial charge < -0.3 is 15.1 Å². The van der Waals surface area contributed by atoms with E-state index in [1.54, 1.807) is 32.7 Å². The van der Waals surface area contributed by atoms with E-state index in [-0.39, 0.29) is 11.1 Å². The molecule has 0 unspecified atom stereocenters. The number of carboxylic acids is 2. The van der Waals surface area contributed by atoms with Crippen LogP contribution < -0.4 is 0 Å². The Labute approximate surface area is 151 Å². The Morgan fingerprint density at radius 3 is 1.92 bits per heavy atom. The van der Waals surface area contributed by atoms with Gasteiger partial charge in [-0.05, 0) is 37.1 Å². The number of carbonyl (C=O) groups is 2. The van der Waals surface area contributed by atoms with E-state index in [1.807, 2.05) is 42.5 Å². The van der Waals surface area contributed by atoms with E-state index in [1.165, 1.54) is 0 Å². The van der Waals surface area contributed by atoms with Crippen LogP contribution in [0.15, 0.2) is 65.0 Å². The fourth-order valence-electron chi connectivity index (χ4n) is 4.10. The normalized spacial score (nSPS) is 17.0. The molecule has 0 spiro atoms. The second kappa shape index (κ2) is 6.02. The van der Waals surface area contributed by atoms with E-state index in [4.69, 9.17) is 0 Å². The lowest BCUT2D eigenvalue weighted by molar-refractivity contribution is -0.134. The fraction of sp³-hybridized carbons (Fsp3) is 0.238. The van der Waals surface area contributed by atoms with E-state index in [9.17, 15) is 19.8 Å². The molecule has 5 nitrogen and oxygen atoms in total. The molecule has 0 amide bonds. The minimum atomic E-state index is -1.28. The van der Waals surface area contributed by atoms with E-state index in [0.717, 1.165) is 10.8 Å². The van der Waals surface area contributed by atoms with Crippen molar-refractivity contribution in [3.05, 3.63) is 70.6 Å². The van der Waals surface area contributed by atoms with E-state index >= 15 is 0 Å². The van der Waals surface area contributed by atoms with Crippen molar-refractivity contribution in [1.29, 1.82) is 0 Å². The predicted molar refractivity (Wildman–Crippen MR) is 99.7 cm³/mol. The lowest BCUT2D eigenvalue weighted by Gasteiger charge is -2.42. The van der Waals surface area contributed by atoms with Crippen molar-refractivity contribution in [2.75, 3.05) is 7.05 Å². The van der Waals surface area contributed by atoms with Gasteiger partial charge in [0.05, 0.1) is 16.6 Å². The maximum atomic E-state index is 12.2. The molecule has 2 N–H and O–H groups in total. The van der Waals surface area contributed by atoms with E-state index in [0.29, 0.717) is 17.0 Å². The van der Waals surface area contributed by atoms with Crippen LogP contribution >= 0.6 is 0 Å². The first kappa shape index (κ1) is 17.7. The van der Waals surface area contributed by atoms with Gasteiger partial charge in [-0.3, -0.25) is 0 Å². The summed E-state index contributed by atoms with van der Waals surface area (Å²) in [6.07, 6.45) is 0. The molecule has 2 aromatic carbocycles. The molecule has 0 fully saturated rings. The fourth-order valence-corrected chi connectivity index (χ4v) is 4.10. The molecule has 0 radical (unpaired) electrons. The summed E-state index contributed by atoms with van der Waals surface area (Å²) in [5, 5.41) is 21.7. The number of rotatable bonds is 3. The van der Waals surface area contributed by atoms with Crippen molar-refractivity contribution < 1.29 is 19.8 Å². The molecule has 2 aromatic rings. The topological polar surface area (TPSA) is 77.8 Å². The van der Waals surface area contributed by atoms with Crippen LogP contribution in [-0.4, -0.2) is 34.1 Å². The maximum Gasteiger partial charge on any atom is 0.334 e. The van der Waals surface area contributed by atoms with Gasteiger partial charge >= 0.3 is 11.9 Å². The van der Waals surface area contributed by atoms with E-state index < -0.39 is 17.4 Å². The third-order valence-corrected chi connectivity index (χ3v) is 5.49. The number of aliphatic carboxylic acids is 2. The average molecular weight is 351 g/mol. The number of benzene rings is 2. The Balaban J connectivity index is 2.49. The summed E-state index contributed by atoms with van der Waals surface area (Å²) in [6, 6.07) is 13.2. The molecule has 0 atom stereocenters. The van der Waals surface area contributed by atoms with Crippen LogP contribution in [0.2, 0.25) is 0 Å². The van der Waals surface area contributed by atoms with Crippen molar-refractivity contribution in [3.63, 3.8) is 0 Å². The summed E-state index contributed by atoms with van der Waals surface area (Å²) in [4.78, 5) is 26.1. The number of hydrogen-bond acceptors (Lipinski definition) is 3. The SMILES string of the molecule is CC1=C(C(=O)O)C(C)(c2cccc3ccccc23)C(C(=O)O)=C(C)N1C. The molecule has 1 heterocycles. The molecule has 0 saturated heterocycles. The lowest BCUT2D eigenvalue weighted by Crippen LogP contribution is -2.43. The molecule has 26 heavy (non-hydrogen) atoms. The van der Waals surface area contributed by atoms with E-state index in [2.05, 4.69) is 0 Å². The van der Waals surface area contributed by atoms with Crippen LogP contribution in [0.1, 0.15) is 26.3 Å². The smallest absolute Gasteiger partial charge is 0.334 e. The van der Waals surface area contributed by atoms with Gasteiger partial charge in [0.1, 0.15) is 0 Å². The molecule has 0 aliphatic carbocycles. The summed E-state index contributed by atoms with van der Waals surface area (Å²) in [5.41, 5.74) is 0.640. The molecule has 5 heteroatoms. The highest BCUT2D eigenvalue weighted by atomic mass is 16.4. The zero-order valence-corrected chi connectivity index (χ0v) is 15.2. The first-order valence-electron chi connectivity index (χ1n) is 8.32. The summed E-state index contributed by atoms with van der Waals surface area (Å²) < 4.78 is 0. The van der Waals surface area contributed by atoms with Gasteiger partial charge in [0.25, 0.3) is 0 Å². The van der Waals surface area contributed by atoms with Gasteiger partial charge in [0.15, 0.2) is 0 Å². The minimum Gasteiger partial charge on any atom is -0.478 e. The van der Waals surface area contributed by atoms with Crippen LogP contribution in [0.3, 0.4) is 0 Å². The Morgan fingerprint density at radius 1 is 0.885 bits per heavy atom. The molecule has 0 saturated carbocycles. The van der Waals surface area contributed by atoms with Gasteiger partial charge in [-0.25, -0.2) is 9.59 Å². The zero-order valence-electron chi connectivity index (χ0n) is 15.2. The molecule has 0 aromatic heterocycles. The van der Waals surface area contributed by atoms with Crippen molar-refractivity contribution in [3.8, 4) is 0 Å². The molecule has 1 aliphatic rings. The number of fused-ring (bicyclic) bond motifs is 1. The molecule has 134 valence electrons. The average Bonchev–Trinajstić information content (AvgIpc) is 2.58. The van der Waals surface area contributed by atoms with Crippen molar-refractivity contribution in [1.82, 2.24) is 4.90 Å². The predicted octanol–water partition coefficient (Wildman–Crippen LogP) is 3.76. The largest absolute Gasteiger partial charge is 0.478 e. The first-order chi connectivity index (χ1) is 12.2. The Bertz CT molecular complexity index is 957. The number of allylic oxidation sites excluding steroid dienone is 2. The second-order valence-corrected chi connectivity index (χ2v) is 6.74. The summed E-state index contributed by atoms with van der Waals surface area (Å²) in [5.74, 6) is -2.23. The molecular weight excluding hydrogens is 330 g/mol. The minimum absolute atomic E-state index is 0.0827. The number of hydrogen-bond donors (Lipinski definition) is 2. The lowest BCUT2D eigenvalue weighted by atomic mass is 9.66. The third-order valence-electron chi connectivity index (χ3n) is 5.49. The maximum absolute atomic E-state index is 12.2. The third kappa shape index (κ3) is 2.31. The highest BCUT2D eigenvalue weighted by molar-refractivity contribution is 6.02.